The summed E-state index contributed by atoms with van der Waals surface area (Å²) in [5, 5.41) is 5.01. The van der Waals surface area contributed by atoms with E-state index in [2.05, 4.69) is 5.32 Å². The predicted molar refractivity (Wildman–Crippen MR) is 110 cm³/mol. The number of amides is 1. The summed E-state index contributed by atoms with van der Waals surface area (Å²) in [4.78, 5) is 12.4. The van der Waals surface area contributed by atoms with E-state index in [1.807, 2.05) is 60.7 Å². The van der Waals surface area contributed by atoms with E-state index >= 15 is 0 Å². The van der Waals surface area contributed by atoms with Crippen molar-refractivity contribution >= 4 is 16.7 Å². The summed E-state index contributed by atoms with van der Waals surface area (Å²) in [5.41, 5.74) is 1.06. The van der Waals surface area contributed by atoms with Gasteiger partial charge in [0.2, 0.25) is 0 Å². The Bertz CT molecular complexity index is 949. The zero-order chi connectivity index (χ0) is 19.9. The fourth-order valence-electron chi connectivity index (χ4n) is 3.05. The molecule has 3 aromatic rings. The quantitative estimate of drug-likeness (QED) is 0.643. The van der Waals surface area contributed by atoms with E-state index in [0.29, 0.717) is 30.2 Å². The van der Waals surface area contributed by atoms with Crippen molar-refractivity contribution in [1.29, 1.82) is 0 Å². The number of hydrogen-bond donors (Lipinski definition) is 1. The van der Waals surface area contributed by atoms with Crippen LogP contribution in [-0.2, 0) is 11.2 Å². The van der Waals surface area contributed by atoms with Gasteiger partial charge in [-0.3, -0.25) is 4.79 Å². The average molecular weight is 379 g/mol. The second kappa shape index (κ2) is 9.13. The van der Waals surface area contributed by atoms with Crippen LogP contribution in [0.25, 0.3) is 10.8 Å². The van der Waals surface area contributed by atoms with Crippen LogP contribution in [0.2, 0.25) is 0 Å². The highest BCUT2D eigenvalue weighted by molar-refractivity contribution is 5.89. The molecule has 1 N–H and O–H groups in total. The van der Waals surface area contributed by atoms with Gasteiger partial charge < -0.3 is 19.5 Å². The van der Waals surface area contributed by atoms with Gasteiger partial charge >= 0.3 is 0 Å². The number of methoxy groups -OCH3 is 2. The maximum atomic E-state index is 12.4. The van der Waals surface area contributed by atoms with Gasteiger partial charge in [0.15, 0.2) is 17.6 Å². The van der Waals surface area contributed by atoms with Gasteiger partial charge in [0.05, 0.1) is 14.2 Å². The van der Waals surface area contributed by atoms with Crippen LogP contribution in [0.3, 0.4) is 0 Å². The van der Waals surface area contributed by atoms with Gasteiger partial charge in [-0.05, 0) is 42.5 Å². The molecule has 146 valence electrons. The topological polar surface area (TPSA) is 56.8 Å². The molecule has 0 saturated heterocycles. The Morgan fingerprint density at radius 3 is 2.46 bits per heavy atom. The fourth-order valence-corrected chi connectivity index (χ4v) is 3.05. The summed E-state index contributed by atoms with van der Waals surface area (Å²) in [7, 11) is 3.21. The Morgan fingerprint density at radius 1 is 0.929 bits per heavy atom. The first-order chi connectivity index (χ1) is 13.6. The number of rotatable bonds is 8. The minimum atomic E-state index is -0.587. The lowest BCUT2D eigenvalue weighted by atomic mass is 10.1. The van der Waals surface area contributed by atoms with Gasteiger partial charge in [-0.25, -0.2) is 0 Å². The first-order valence-corrected chi connectivity index (χ1v) is 9.25. The van der Waals surface area contributed by atoms with Crippen molar-refractivity contribution in [2.24, 2.45) is 0 Å². The smallest absolute Gasteiger partial charge is 0.260 e. The van der Waals surface area contributed by atoms with Crippen LogP contribution in [-0.4, -0.2) is 32.8 Å². The van der Waals surface area contributed by atoms with Gasteiger partial charge in [0.1, 0.15) is 5.75 Å². The van der Waals surface area contributed by atoms with Gasteiger partial charge in [0.25, 0.3) is 5.91 Å². The van der Waals surface area contributed by atoms with Gasteiger partial charge in [-0.2, -0.15) is 0 Å². The minimum absolute atomic E-state index is 0.145. The molecule has 1 atom stereocenters. The van der Waals surface area contributed by atoms with Gasteiger partial charge in [0, 0.05) is 11.9 Å². The highest BCUT2D eigenvalue weighted by atomic mass is 16.5. The third-order valence-electron chi connectivity index (χ3n) is 4.58. The molecule has 0 saturated carbocycles. The van der Waals surface area contributed by atoms with Gasteiger partial charge in [-0.1, -0.05) is 42.5 Å². The summed E-state index contributed by atoms with van der Waals surface area (Å²) in [6, 6.07) is 19.5. The van der Waals surface area contributed by atoms with E-state index in [4.69, 9.17) is 14.2 Å². The molecule has 0 bridgehead atoms. The first-order valence-electron chi connectivity index (χ1n) is 9.25. The van der Waals surface area contributed by atoms with Crippen molar-refractivity contribution in [2.45, 2.75) is 19.4 Å². The monoisotopic (exact) mass is 379 g/mol. The molecule has 3 rings (SSSR count). The maximum Gasteiger partial charge on any atom is 0.260 e. The molecule has 0 spiro atoms. The molecule has 0 heterocycles. The molecule has 0 radical (unpaired) electrons. The van der Waals surface area contributed by atoms with Crippen molar-refractivity contribution in [3.8, 4) is 17.2 Å². The highest BCUT2D eigenvalue weighted by Crippen LogP contribution is 2.28. The summed E-state index contributed by atoms with van der Waals surface area (Å²) < 4.78 is 16.5. The number of carbonyl (C=O) groups is 1. The molecule has 0 aliphatic rings. The van der Waals surface area contributed by atoms with E-state index in [1.54, 1.807) is 21.1 Å². The lowest BCUT2D eigenvalue weighted by Gasteiger charge is -2.16. The molecule has 1 amide bonds. The van der Waals surface area contributed by atoms with Crippen molar-refractivity contribution in [3.63, 3.8) is 0 Å². The molecular formula is C23H25NO4. The zero-order valence-electron chi connectivity index (χ0n) is 16.4. The third kappa shape index (κ3) is 4.55. The van der Waals surface area contributed by atoms with Crippen LogP contribution in [0.15, 0.2) is 60.7 Å². The minimum Gasteiger partial charge on any atom is -0.493 e. The largest absolute Gasteiger partial charge is 0.493 e. The third-order valence-corrected chi connectivity index (χ3v) is 4.58. The van der Waals surface area contributed by atoms with Gasteiger partial charge in [-0.15, -0.1) is 0 Å². The molecule has 0 aliphatic heterocycles. The molecule has 0 aliphatic carbocycles. The Balaban J connectivity index is 1.56. The molecule has 0 aromatic heterocycles. The molecule has 28 heavy (non-hydrogen) atoms. The summed E-state index contributed by atoms with van der Waals surface area (Å²) in [5.74, 6) is 1.93. The van der Waals surface area contributed by atoms with Crippen molar-refractivity contribution in [1.82, 2.24) is 5.32 Å². The normalized spacial score (nSPS) is 11.7. The molecular weight excluding hydrogens is 354 g/mol. The molecule has 0 unspecified atom stereocenters. The summed E-state index contributed by atoms with van der Waals surface area (Å²) >= 11 is 0. The number of benzene rings is 3. The molecule has 5 nitrogen and oxygen atoms in total. The van der Waals surface area contributed by atoms with E-state index < -0.39 is 6.10 Å². The number of hydrogen-bond acceptors (Lipinski definition) is 4. The zero-order valence-corrected chi connectivity index (χ0v) is 16.4. The SMILES string of the molecule is COc1ccc(CCNC(=O)[C@@H](C)Oc2cccc3ccccc23)cc1OC. The van der Waals surface area contributed by atoms with Crippen LogP contribution in [0.5, 0.6) is 17.2 Å². The van der Waals surface area contributed by atoms with Crippen LogP contribution in [0.1, 0.15) is 12.5 Å². The Morgan fingerprint density at radius 2 is 1.68 bits per heavy atom. The summed E-state index contributed by atoms with van der Waals surface area (Å²) in [6.45, 7) is 2.27. The van der Waals surface area contributed by atoms with Crippen LogP contribution in [0.4, 0.5) is 0 Å². The predicted octanol–water partition coefficient (Wildman–Crippen LogP) is 3.98. The number of fused-ring (bicyclic) bond motifs is 1. The van der Waals surface area contributed by atoms with E-state index in [0.717, 1.165) is 16.3 Å². The maximum absolute atomic E-state index is 12.4. The van der Waals surface area contributed by atoms with Crippen molar-refractivity contribution in [3.05, 3.63) is 66.2 Å². The number of ether oxygens (including phenoxy) is 3. The first kappa shape index (κ1) is 19.5. The summed E-state index contributed by atoms with van der Waals surface area (Å²) in [6.07, 6.45) is 0.101. The molecule has 5 heteroatoms. The fraction of sp³-hybridized carbons (Fsp3) is 0.261. The molecule has 0 fully saturated rings. The van der Waals surface area contributed by atoms with Crippen LogP contribution >= 0.6 is 0 Å². The second-order valence-corrected chi connectivity index (χ2v) is 6.47. The number of nitrogens with one attached hydrogen (secondary N) is 1. The Labute approximate surface area is 165 Å². The van der Waals surface area contributed by atoms with Crippen molar-refractivity contribution in [2.75, 3.05) is 20.8 Å². The van der Waals surface area contributed by atoms with E-state index in [-0.39, 0.29) is 5.91 Å². The lowest BCUT2D eigenvalue weighted by Crippen LogP contribution is -2.37. The van der Waals surface area contributed by atoms with E-state index in [9.17, 15) is 4.79 Å². The van der Waals surface area contributed by atoms with E-state index in [1.165, 1.54) is 0 Å². The second-order valence-electron chi connectivity index (χ2n) is 6.47. The Hall–Kier alpha value is -3.21. The lowest BCUT2D eigenvalue weighted by molar-refractivity contribution is -0.127. The van der Waals surface area contributed by atoms with Crippen molar-refractivity contribution < 1.29 is 19.0 Å². The highest BCUT2D eigenvalue weighted by Gasteiger charge is 2.15. The Kier molecular flexibility index (Phi) is 6.37. The number of carbonyl (C=O) groups excluding carboxylic acids is 1. The molecule has 3 aromatic carbocycles. The average Bonchev–Trinajstić information content (AvgIpc) is 2.73. The standard InChI is InChI=1S/C23H25NO4/c1-16(28-20-10-6-8-18-7-4-5-9-19(18)20)23(25)24-14-13-17-11-12-21(26-2)22(15-17)27-3/h4-12,15-16H,13-14H2,1-3H3,(H,24,25)/t16-/m1/s1. The van der Waals surface area contributed by atoms with Crippen LogP contribution < -0.4 is 19.5 Å². The van der Waals surface area contributed by atoms with Crippen LogP contribution in [0, 0.1) is 0 Å².